The summed E-state index contributed by atoms with van der Waals surface area (Å²) in [7, 11) is 0. The van der Waals surface area contributed by atoms with E-state index in [4.69, 9.17) is 17.2 Å². The monoisotopic (exact) mass is 454 g/mol. The van der Waals surface area contributed by atoms with Gasteiger partial charge in [-0.25, -0.2) is 19.4 Å². The second kappa shape index (κ2) is 22.1. The highest BCUT2D eigenvalue weighted by atomic mass is 17.2. The van der Waals surface area contributed by atoms with E-state index in [1.54, 1.807) is 0 Å². The van der Waals surface area contributed by atoms with E-state index in [0.29, 0.717) is 19.4 Å². The minimum Gasteiger partial charge on any atom is -0.370 e. The van der Waals surface area contributed by atoms with Crippen LogP contribution in [0.5, 0.6) is 0 Å². The van der Waals surface area contributed by atoms with Crippen molar-refractivity contribution in [3.05, 3.63) is 12.2 Å². The summed E-state index contributed by atoms with van der Waals surface area (Å²) in [6.45, 7) is 2.62. The van der Waals surface area contributed by atoms with Crippen LogP contribution in [-0.4, -0.2) is 30.5 Å². The quantitative estimate of drug-likeness (QED) is 0.0617. The number of guanidine groups is 1. The topological polar surface area (TPSA) is 143 Å². The molecule has 0 aliphatic carbocycles. The molecule has 8 nitrogen and oxygen atoms in total. The van der Waals surface area contributed by atoms with Gasteiger partial charge < -0.3 is 17.2 Å². The van der Waals surface area contributed by atoms with Gasteiger partial charge in [0.2, 0.25) is 0 Å². The number of unbranched alkanes of at least 4 members (excludes halogenated alkanes) is 11. The minimum atomic E-state index is -0.878. The molecule has 0 spiro atoms. The molecule has 186 valence electrons. The van der Waals surface area contributed by atoms with Crippen molar-refractivity contribution in [2.45, 2.75) is 116 Å². The van der Waals surface area contributed by atoms with Crippen LogP contribution in [0.1, 0.15) is 110 Å². The van der Waals surface area contributed by atoms with Crippen molar-refractivity contribution in [2.24, 2.45) is 22.2 Å². The summed E-state index contributed by atoms with van der Waals surface area (Å²) in [5.41, 5.74) is 16.1. The number of aliphatic imine (C=N–C) groups is 1. The SMILES string of the molecule is CCCCCCCC/C=C/CCCCCCCC(=O)OOC(=O)[C@@H](N)CCCN=C(N)N. The van der Waals surface area contributed by atoms with Crippen molar-refractivity contribution in [3.8, 4) is 0 Å². The van der Waals surface area contributed by atoms with Crippen LogP contribution in [0.15, 0.2) is 17.1 Å². The second-order valence-corrected chi connectivity index (χ2v) is 8.25. The lowest BCUT2D eigenvalue weighted by Crippen LogP contribution is -2.33. The van der Waals surface area contributed by atoms with Gasteiger partial charge in [-0.05, 0) is 44.9 Å². The van der Waals surface area contributed by atoms with E-state index in [1.165, 1.54) is 51.4 Å². The van der Waals surface area contributed by atoms with Gasteiger partial charge in [-0.3, -0.25) is 4.99 Å². The molecule has 0 aliphatic rings. The van der Waals surface area contributed by atoms with Gasteiger partial charge in [-0.1, -0.05) is 70.4 Å². The maximum atomic E-state index is 11.7. The zero-order valence-electron chi connectivity index (χ0n) is 20.1. The van der Waals surface area contributed by atoms with Crippen LogP contribution in [0.3, 0.4) is 0 Å². The summed E-state index contributed by atoms with van der Waals surface area (Å²) in [5.74, 6) is -1.33. The fourth-order valence-corrected chi connectivity index (χ4v) is 3.17. The Balaban J connectivity index is 3.49. The Labute approximate surface area is 194 Å². The number of nitrogens with zero attached hydrogens (tertiary/aromatic N) is 1. The van der Waals surface area contributed by atoms with E-state index >= 15 is 0 Å². The molecule has 6 N–H and O–H groups in total. The third kappa shape index (κ3) is 21.2. The molecule has 0 saturated heterocycles. The van der Waals surface area contributed by atoms with Crippen molar-refractivity contribution >= 4 is 17.9 Å². The van der Waals surface area contributed by atoms with Crippen molar-refractivity contribution in [3.63, 3.8) is 0 Å². The molecule has 1 atom stereocenters. The highest BCUT2D eigenvalue weighted by Crippen LogP contribution is 2.10. The number of carbonyl (C=O) groups excluding carboxylic acids is 2. The average molecular weight is 455 g/mol. The molecule has 0 aliphatic heterocycles. The molecule has 0 unspecified atom stereocenters. The van der Waals surface area contributed by atoms with Crippen LogP contribution in [-0.2, 0) is 19.4 Å². The summed E-state index contributed by atoms with van der Waals surface area (Å²) < 4.78 is 0. The number of hydrogen-bond donors (Lipinski definition) is 3. The number of hydrogen-bond acceptors (Lipinski definition) is 6. The van der Waals surface area contributed by atoms with Crippen molar-refractivity contribution in [2.75, 3.05) is 6.54 Å². The average Bonchev–Trinajstić information content (AvgIpc) is 2.77. The number of rotatable bonds is 20. The number of carbonyl (C=O) groups is 2. The lowest BCUT2D eigenvalue weighted by Gasteiger charge is -2.09. The van der Waals surface area contributed by atoms with E-state index in [1.807, 2.05) is 0 Å². The normalized spacial score (nSPS) is 11.9. The molecule has 0 amide bonds. The molecule has 32 heavy (non-hydrogen) atoms. The van der Waals surface area contributed by atoms with Gasteiger partial charge in [0, 0.05) is 6.54 Å². The lowest BCUT2D eigenvalue weighted by atomic mass is 10.1. The first kappa shape index (κ1) is 29.9. The zero-order valence-corrected chi connectivity index (χ0v) is 20.1. The van der Waals surface area contributed by atoms with Crippen LogP contribution in [0.2, 0.25) is 0 Å². The predicted octanol–water partition coefficient (Wildman–Crippen LogP) is 4.41. The molecule has 0 bridgehead atoms. The number of allylic oxidation sites excluding steroid dienone is 2. The molecule has 0 heterocycles. The molecule has 0 aromatic carbocycles. The molecular formula is C24H46N4O4. The van der Waals surface area contributed by atoms with Gasteiger partial charge in [-0.15, -0.1) is 0 Å². The van der Waals surface area contributed by atoms with E-state index in [-0.39, 0.29) is 12.4 Å². The van der Waals surface area contributed by atoms with Crippen molar-refractivity contribution in [1.29, 1.82) is 0 Å². The van der Waals surface area contributed by atoms with E-state index in [9.17, 15) is 9.59 Å². The Morgan fingerprint density at radius 3 is 1.97 bits per heavy atom. The Bertz CT molecular complexity index is 534. The highest BCUT2D eigenvalue weighted by molar-refractivity contribution is 5.77. The fourth-order valence-electron chi connectivity index (χ4n) is 3.17. The van der Waals surface area contributed by atoms with Gasteiger partial charge >= 0.3 is 11.9 Å². The minimum absolute atomic E-state index is 0.00859. The van der Waals surface area contributed by atoms with Gasteiger partial charge in [-0.2, -0.15) is 0 Å². The molecule has 0 aromatic heterocycles. The smallest absolute Gasteiger partial charge is 0.370 e. The summed E-state index contributed by atoms with van der Waals surface area (Å²) in [6.07, 6.45) is 21.2. The van der Waals surface area contributed by atoms with Crippen LogP contribution >= 0.6 is 0 Å². The Morgan fingerprint density at radius 2 is 1.38 bits per heavy atom. The molecule has 0 aromatic rings. The summed E-state index contributed by atoms with van der Waals surface area (Å²) in [6, 6.07) is -0.878. The highest BCUT2D eigenvalue weighted by Gasteiger charge is 2.18. The van der Waals surface area contributed by atoms with E-state index in [2.05, 4.69) is 33.8 Å². The van der Waals surface area contributed by atoms with Gasteiger partial charge in [0.1, 0.15) is 6.04 Å². The van der Waals surface area contributed by atoms with Gasteiger partial charge in [0.15, 0.2) is 5.96 Å². The maximum Gasteiger partial charge on any atom is 0.372 e. The van der Waals surface area contributed by atoms with Gasteiger partial charge in [0.25, 0.3) is 0 Å². The molecule has 8 heteroatoms. The molecule has 0 fully saturated rings. The Hall–Kier alpha value is -2.09. The molecule has 0 rings (SSSR count). The third-order valence-electron chi connectivity index (χ3n) is 5.13. The predicted molar refractivity (Wildman–Crippen MR) is 130 cm³/mol. The second-order valence-electron chi connectivity index (χ2n) is 8.25. The largest absolute Gasteiger partial charge is 0.372 e. The van der Waals surface area contributed by atoms with E-state index < -0.39 is 18.0 Å². The molecule has 0 saturated carbocycles. The van der Waals surface area contributed by atoms with Crippen LogP contribution < -0.4 is 17.2 Å². The summed E-state index contributed by atoms with van der Waals surface area (Å²) >= 11 is 0. The third-order valence-corrected chi connectivity index (χ3v) is 5.13. The Kier molecular flexibility index (Phi) is 20.7. The Morgan fingerprint density at radius 1 is 0.812 bits per heavy atom. The van der Waals surface area contributed by atoms with Crippen LogP contribution in [0, 0.1) is 0 Å². The number of nitrogens with two attached hydrogens (primary N) is 3. The summed E-state index contributed by atoms with van der Waals surface area (Å²) in [4.78, 5) is 36.2. The first-order chi connectivity index (χ1) is 15.5. The fraction of sp³-hybridized carbons (Fsp3) is 0.792. The van der Waals surface area contributed by atoms with E-state index in [0.717, 1.165) is 32.1 Å². The van der Waals surface area contributed by atoms with Gasteiger partial charge in [0.05, 0.1) is 6.42 Å². The maximum absolute atomic E-state index is 11.7. The zero-order chi connectivity index (χ0) is 23.9. The van der Waals surface area contributed by atoms with Crippen molar-refractivity contribution < 1.29 is 19.4 Å². The first-order valence-corrected chi connectivity index (χ1v) is 12.3. The first-order valence-electron chi connectivity index (χ1n) is 12.3. The standard InChI is InChI=1S/C24H46N4O4/c1-2-3-4-5-6-7-8-9-10-11-12-13-14-15-16-19-22(29)31-32-23(30)21(25)18-17-20-28-24(26)27/h9-10,21H,2-8,11-20,25H2,1H3,(H4,26,27,28)/b10-9+/t21-/m0/s1. The lowest BCUT2D eigenvalue weighted by molar-refractivity contribution is -0.260. The van der Waals surface area contributed by atoms with Crippen LogP contribution in [0.4, 0.5) is 0 Å². The van der Waals surface area contributed by atoms with Crippen molar-refractivity contribution in [1.82, 2.24) is 0 Å². The molecular weight excluding hydrogens is 408 g/mol. The summed E-state index contributed by atoms with van der Waals surface area (Å²) in [5, 5.41) is 0. The van der Waals surface area contributed by atoms with Crippen LogP contribution in [0.25, 0.3) is 0 Å². The molecule has 0 radical (unpaired) electrons.